The minimum absolute atomic E-state index is 0.0727. The summed E-state index contributed by atoms with van der Waals surface area (Å²) in [6.45, 7) is 3.54. The van der Waals surface area contributed by atoms with Crippen LogP contribution in [0.1, 0.15) is 57.8 Å². The van der Waals surface area contributed by atoms with Crippen molar-refractivity contribution in [1.82, 2.24) is 16.0 Å². The highest BCUT2D eigenvalue weighted by Crippen LogP contribution is 2.09. The van der Waals surface area contributed by atoms with Crippen LogP contribution in [-0.4, -0.2) is 121 Å². The molecule has 3 amide bonds. The van der Waals surface area contributed by atoms with E-state index in [1.54, 1.807) is 0 Å². The maximum Gasteiger partial charge on any atom is 0.246 e. The SMILES string of the molecule is O=C(CCCCCCCCCCS)NCCOCCOCCNC(=O)COCCOCCOCC(=O)NCCO. The van der Waals surface area contributed by atoms with Crippen molar-refractivity contribution in [2.24, 2.45) is 0 Å². The Morgan fingerprint density at radius 2 is 0.900 bits per heavy atom. The molecule has 0 aromatic heterocycles. The molecule has 4 N–H and O–H groups in total. The van der Waals surface area contributed by atoms with Crippen LogP contribution in [0, 0.1) is 0 Å². The van der Waals surface area contributed by atoms with Crippen molar-refractivity contribution in [3.8, 4) is 0 Å². The molecular formula is C27H53N3O9S. The third kappa shape index (κ3) is 31.1. The normalized spacial score (nSPS) is 10.9. The first-order valence-corrected chi connectivity index (χ1v) is 15.1. The lowest BCUT2D eigenvalue weighted by Crippen LogP contribution is -2.31. The summed E-state index contributed by atoms with van der Waals surface area (Å²) in [5.74, 6) is 0.513. The van der Waals surface area contributed by atoms with E-state index in [2.05, 4.69) is 28.6 Å². The van der Waals surface area contributed by atoms with Crippen molar-refractivity contribution in [2.45, 2.75) is 57.8 Å². The van der Waals surface area contributed by atoms with Gasteiger partial charge in [-0.25, -0.2) is 0 Å². The molecule has 0 rings (SSSR count). The van der Waals surface area contributed by atoms with Crippen molar-refractivity contribution in [1.29, 1.82) is 0 Å². The minimum Gasteiger partial charge on any atom is -0.395 e. The first kappa shape index (κ1) is 38.5. The number of aliphatic hydroxyl groups is 1. The van der Waals surface area contributed by atoms with Crippen molar-refractivity contribution in [2.75, 3.05) is 98.1 Å². The van der Waals surface area contributed by atoms with Gasteiger partial charge in [0.2, 0.25) is 17.7 Å². The first-order chi connectivity index (χ1) is 19.6. The fraction of sp³-hybridized carbons (Fsp3) is 0.889. The number of carbonyl (C=O) groups excluding carboxylic acids is 3. The number of hydrogen-bond donors (Lipinski definition) is 5. The fourth-order valence-electron chi connectivity index (χ4n) is 3.36. The second-order valence-electron chi connectivity index (χ2n) is 9.02. The Morgan fingerprint density at radius 3 is 1.40 bits per heavy atom. The Kier molecular flexibility index (Phi) is 30.9. The van der Waals surface area contributed by atoms with Gasteiger partial charge in [-0.2, -0.15) is 12.6 Å². The van der Waals surface area contributed by atoms with Gasteiger partial charge in [0.25, 0.3) is 0 Å². The smallest absolute Gasteiger partial charge is 0.246 e. The number of unbranched alkanes of at least 4 members (excludes halogenated alkanes) is 7. The maximum atomic E-state index is 11.8. The Morgan fingerprint density at radius 1 is 0.500 bits per heavy atom. The summed E-state index contributed by atoms with van der Waals surface area (Å²) in [4.78, 5) is 34.8. The zero-order valence-corrected chi connectivity index (χ0v) is 25.0. The standard InChI is InChI=1S/C27H53N3O9S/c31-13-10-28-26(33)23-38-20-18-37-19-21-39-24-27(34)30-12-15-36-17-16-35-14-11-29-25(32)9-7-5-3-1-2-4-6-8-22-40/h31,40H,1-24H2,(H,28,33)(H,29,32)(H,30,34). The monoisotopic (exact) mass is 595 g/mol. The van der Waals surface area contributed by atoms with Gasteiger partial charge in [-0.3, -0.25) is 14.4 Å². The summed E-state index contributed by atoms with van der Waals surface area (Å²) in [6, 6.07) is 0. The average molecular weight is 596 g/mol. The van der Waals surface area contributed by atoms with Gasteiger partial charge in [-0.1, -0.05) is 38.5 Å². The van der Waals surface area contributed by atoms with E-state index in [1.807, 2.05) is 0 Å². The number of ether oxygens (including phenoxy) is 5. The van der Waals surface area contributed by atoms with E-state index in [0.717, 1.165) is 18.6 Å². The molecule has 0 aromatic carbocycles. The number of carbonyl (C=O) groups is 3. The van der Waals surface area contributed by atoms with Gasteiger partial charge in [0, 0.05) is 26.1 Å². The largest absolute Gasteiger partial charge is 0.395 e. The molecule has 236 valence electrons. The zero-order valence-electron chi connectivity index (χ0n) is 24.1. The highest BCUT2D eigenvalue weighted by atomic mass is 32.1. The number of hydrogen-bond acceptors (Lipinski definition) is 10. The van der Waals surface area contributed by atoms with Crippen LogP contribution in [0.4, 0.5) is 0 Å². The number of thiol groups is 1. The van der Waals surface area contributed by atoms with E-state index in [4.69, 9.17) is 28.8 Å². The molecule has 0 spiro atoms. The Balaban J connectivity index is 3.28. The second-order valence-corrected chi connectivity index (χ2v) is 9.47. The van der Waals surface area contributed by atoms with E-state index < -0.39 is 0 Å². The van der Waals surface area contributed by atoms with Crippen LogP contribution >= 0.6 is 12.6 Å². The van der Waals surface area contributed by atoms with Gasteiger partial charge in [-0.15, -0.1) is 0 Å². The van der Waals surface area contributed by atoms with Crippen LogP contribution in [0.25, 0.3) is 0 Å². The third-order valence-electron chi connectivity index (χ3n) is 5.47. The highest BCUT2D eigenvalue weighted by molar-refractivity contribution is 7.80. The highest BCUT2D eigenvalue weighted by Gasteiger charge is 2.03. The van der Waals surface area contributed by atoms with Crippen molar-refractivity contribution < 1.29 is 43.2 Å². The van der Waals surface area contributed by atoms with Gasteiger partial charge < -0.3 is 44.7 Å². The first-order valence-electron chi connectivity index (χ1n) is 14.5. The van der Waals surface area contributed by atoms with Gasteiger partial charge in [0.1, 0.15) is 13.2 Å². The predicted octanol–water partition coefficient (Wildman–Crippen LogP) is 0.851. The van der Waals surface area contributed by atoms with Crippen LogP contribution in [-0.2, 0) is 38.1 Å². The third-order valence-corrected chi connectivity index (χ3v) is 5.78. The average Bonchev–Trinajstić information content (AvgIpc) is 2.95. The van der Waals surface area contributed by atoms with Crippen molar-refractivity contribution in [3.63, 3.8) is 0 Å². The van der Waals surface area contributed by atoms with Gasteiger partial charge >= 0.3 is 0 Å². The summed E-state index contributed by atoms with van der Waals surface area (Å²) < 4.78 is 26.5. The van der Waals surface area contributed by atoms with Crippen LogP contribution in [0.2, 0.25) is 0 Å². The van der Waals surface area contributed by atoms with Crippen molar-refractivity contribution >= 4 is 30.4 Å². The molecular weight excluding hydrogens is 542 g/mol. The molecule has 0 unspecified atom stereocenters. The molecule has 0 bridgehead atoms. The number of aliphatic hydroxyl groups excluding tert-OH is 1. The summed E-state index contributed by atoms with van der Waals surface area (Å²) in [5, 5.41) is 16.6. The van der Waals surface area contributed by atoms with Crippen molar-refractivity contribution in [3.05, 3.63) is 0 Å². The fourth-order valence-corrected chi connectivity index (χ4v) is 3.58. The van der Waals surface area contributed by atoms with Crippen LogP contribution in [0.5, 0.6) is 0 Å². The van der Waals surface area contributed by atoms with Gasteiger partial charge in [0.05, 0.1) is 59.5 Å². The van der Waals surface area contributed by atoms with E-state index in [0.29, 0.717) is 59.2 Å². The summed E-state index contributed by atoms with van der Waals surface area (Å²) in [7, 11) is 0. The molecule has 0 aliphatic carbocycles. The number of nitrogens with one attached hydrogen (secondary N) is 3. The van der Waals surface area contributed by atoms with Crippen LogP contribution in [0.15, 0.2) is 0 Å². The molecule has 40 heavy (non-hydrogen) atoms. The molecule has 0 aliphatic rings. The lowest BCUT2D eigenvalue weighted by atomic mass is 10.1. The summed E-state index contributed by atoms with van der Waals surface area (Å²) in [6.07, 6.45) is 10.1. The molecule has 13 heteroatoms. The van der Waals surface area contributed by atoms with Crippen LogP contribution < -0.4 is 16.0 Å². The van der Waals surface area contributed by atoms with E-state index in [1.165, 1.54) is 38.5 Å². The summed E-state index contributed by atoms with van der Waals surface area (Å²) in [5.41, 5.74) is 0. The lowest BCUT2D eigenvalue weighted by molar-refractivity contribution is -0.126. The molecule has 0 saturated heterocycles. The van der Waals surface area contributed by atoms with E-state index in [-0.39, 0.29) is 57.3 Å². The molecule has 0 fully saturated rings. The van der Waals surface area contributed by atoms with Gasteiger partial charge in [0.15, 0.2) is 0 Å². The molecule has 0 atom stereocenters. The topological polar surface area (TPSA) is 154 Å². The minimum atomic E-state index is -0.294. The molecule has 0 saturated carbocycles. The summed E-state index contributed by atoms with van der Waals surface area (Å²) >= 11 is 4.22. The quantitative estimate of drug-likeness (QED) is 0.0580. The molecule has 0 aromatic rings. The number of rotatable bonds is 31. The molecule has 12 nitrogen and oxygen atoms in total. The van der Waals surface area contributed by atoms with E-state index in [9.17, 15) is 14.4 Å². The molecule has 0 heterocycles. The van der Waals surface area contributed by atoms with Gasteiger partial charge in [-0.05, 0) is 18.6 Å². The number of amides is 3. The Bertz CT molecular complexity index is 604. The molecule has 0 aliphatic heterocycles. The lowest BCUT2D eigenvalue weighted by Gasteiger charge is -2.09. The van der Waals surface area contributed by atoms with Crippen LogP contribution in [0.3, 0.4) is 0 Å². The predicted molar refractivity (Wildman–Crippen MR) is 156 cm³/mol. The molecule has 0 radical (unpaired) electrons. The maximum absolute atomic E-state index is 11.8. The Hall–Kier alpha value is -1.48. The Labute approximate surface area is 245 Å². The second kappa shape index (κ2) is 32.0. The zero-order chi connectivity index (χ0) is 29.4. The van der Waals surface area contributed by atoms with E-state index >= 15 is 0 Å².